The lowest BCUT2D eigenvalue weighted by molar-refractivity contribution is 0.00578. The van der Waals surface area contributed by atoms with Crippen LogP contribution in [-0.2, 0) is 9.31 Å². The Balaban J connectivity index is 1.31. The predicted molar refractivity (Wildman–Crippen MR) is 165 cm³/mol. The number of fused-ring (bicyclic) bond motifs is 8. The maximum Gasteiger partial charge on any atom is 0.494 e. The summed E-state index contributed by atoms with van der Waals surface area (Å²) in [5.41, 5.74) is 5.07. The minimum atomic E-state index is -0.383. The zero-order chi connectivity index (χ0) is 27.2. The van der Waals surface area contributed by atoms with E-state index in [4.69, 9.17) is 18.7 Å². The first-order chi connectivity index (χ1) is 19.3. The van der Waals surface area contributed by atoms with Crippen molar-refractivity contribution in [2.75, 3.05) is 0 Å². The second-order valence-corrected chi connectivity index (χ2v) is 11.9. The van der Waals surface area contributed by atoms with Crippen LogP contribution in [0.2, 0.25) is 0 Å². The summed E-state index contributed by atoms with van der Waals surface area (Å²) >= 11 is 0. The van der Waals surface area contributed by atoms with E-state index in [9.17, 15) is 0 Å². The molecule has 5 aromatic carbocycles. The molecule has 0 unspecified atom stereocenters. The van der Waals surface area contributed by atoms with Gasteiger partial charge in [-0.3, -0.25) is 0 Å². The van der Waals surface area contributed by atoms with Crippen molar-refractivity contribution >= 4 is 67.0 Å². The van der Waals surface area contributed by atoms with Crippen molar-refractivity contribution < 1.29 is 13.7 Å². The summed E-state index contributed by atoms with van der Waals surface area (Å²) in [5, 5.41) is 7.82. The monoisotopic (exact) mass is 521 g/mol. The first-order valence-electron chi connectivity index (χ1n) is 13.8. The van der Waals surface area contributed by atoms with Crippen LogP contribution >= 0.6 is 0 Å². The number of aromatic nitrogens is 1. The molecule has 0 N–H and O–H groups in total. The maximum absolute atomic E-state index is 6.47. The average molecular weight is 521 g/mol. The number of hydrogen-bond donors (Lipinski definition) is 0. The zero-order valence-corrected chi connectivity index (χ0v) is 23.0. The molecule has 4 nitrogen and oxygen atoms in total. The number of para-hydroxylation sites is 2. The SMILES string of the molecule is CC1(C)OB(c2ccc3cc(-c4nc5ccccc5c5c4ccc4c6ccccc6oc45)ccc3c2)OC1(C)C. The molecule has 40 heavy (non-hydrogen) atoms. The normalized spacial score (nSPS) is 16.6. The first-order valence-corrected chi connectivity index (χ1v) is 13.8. The second kappa shape index (κ2) is 8.17. The minimum absolute atomic E-state index is 0.370. The Morgan fingerprint density at radius 2 is 1.30 bits per heavy atom. The van der Waals surface area contributed by atoms with E-state index in [1.807, 2.05) is 18.2 Å². The number of furan rings is 1. The Hall–Kier alpha value is -4.19. The molecule has 194 valence electrons. The maximum atomic E-state index is 6.47. The lowest BCUT2D eigenvalue weighted by atomic mass is 9.78. The van der Waals surface area contributed by atoms with E-state index in [2.05, 4.69) is 107 Å². The summed E-state index contributed by atoms with van der Waals surface area (Å²) < 4.78 is 19.1. The van der Waals surface area contributed by atoms with Crippen molar-refractivity contribution in [2.45, 2.75) is 38.9 Å². The van der Waals surface area contributed by atoms with Crippen LogP contribution in [0, 0.1) is 0 Å². The molecule has 8 rings (SSSR count). The summed E-state index contributed by atoms with van der Waals surface area (Å²) in [5.74, 6) is 0. The number of hydrogen-bond acceptors (Lipinski definition) is 4. The number of benzene rings is 5. The van der Waals surface area contributed by atoms with Crippen LogP contribution in [0.4, 0.5) is 0 Å². The highest BCUT2D eigenvalue weighted by Gasteiger charge is 2.51. The van der Waals surface area contributed by atoms with E-state index in [1.54, 1.807) is 0 Å². The van der Waals surface area contributed by atoms with Gasteiger partial charge in [0.1, 0.15) is 11.2 Å². The van der Waals surface area contributed by atoms with Crippen molar-refractivity contribution in [3.05, 3.63) is 97.1 Å². The first kappa shape index (κ1) is 23.7. The Morgan fingerprint density at radius 1 is 0.625 bits per heavy atom. The van der Waals surface area contributed by atoms with Crippen molar-refractivity contribution in [2.24, 2.45) is 0 Å². The van der Waals surface area contributed by atoms with E-state index >= 15 is 0 Å². The largest absolute Gasteiger partial charge is 0.494 e. The molecule has 2 aromatic heterocycles. The van der Waals surface area contributed by atoms with Gasteiger partial charge in [0, 0.05) is 32.5 Å². The Kier molecular flexibility index (Phi) is 4.84. The fraction of sp³-hybridized carbons (Fsp3) is 0.171. The number of pyridine rings is 1. The zero-order valence-electron chi connectivity index (χ0n) is 23.0. The molecule has 0 bridgehead atoms. The lowest BCUT2D eigenvalue weighted by Crippen LogP contribution is -2.41. The van der Waals surface area contributed by atoms with Crippen molar-refractivity contribution in [3.8, 4) is 11.3 Å². The molecule has 5 heteroatoms. The summed E-state index contributed by atoms with van der Waals surface area (Å²) in [6.07, 6.45) is 0. The third kappa shape index (κ3) is 3.38. The molecule has 0 aliphatic carbocycles. The molecule has 0 radical (unpaired) electrons. The van der Waals surface area contributed by atoms with Crippen molar-refractivity contribution in [3.63, 3.8) is 0 Å². The average Bonchev–Trinajstić information content (AvgIpc) is 3.44. The fourth-order valence-electron chi connectivity index (χ4n) is 5.97. The van der Waals surface area contributed by atoms with Crippen LogP contribution < -0.4 is 5.46 Å². The van der Waals surface area contributed by atoms with Crippen molar-refractivity contribution in [1.82, 2.24) is 4.98 Å². The van der Waals surface area contributed by atoms with Gasteiger partial charge in [-0.05, 0) is 68.2 Å². The van der Waals surface area contributed by atoms with Gasteiger partial charge >= 0.3 is 7.12 Å². The van der Waals surface area contributed by atoms with Crippen LogP contribution in [-0.4, -0.2) is 23.3 Å². The van der Waals surface area contributed by atoms with Gasteiger partial charge in [0.05, 0.1) is 22.4 Å². The van der Waals surface area contributed by atoms with Crippen molar-refractivity contribution in [1.29, 1.82) is 0 Å². The van der Waals surface area contributed by atoms with Gasteiger partial charge in [-0.2, -0.15) is 0 Å². The molecule has 1 saturated heterocycles. The molecule has 3 heterocycles. The highest BCUT2D eigenvalue weighted by Crippen LogP contribution is 2.41. The van der Waals surface area contributed by atoms with Gasteiger partial charge < -0.3 is 13.7 Å². The standard InChI is InChI=1S/C35H28BNO3/c1-34(2)35(3,4)40-36(39-34)24-16-15-21-19-23(14-13-22(21)20-24)32-28-18-17-26-25-9-6-8-12-30(25)38-33(26)31(28)27-10-5-7-11-29(27)37-32/h5-20H,1-4H3. The Morgan fingerprint density at radius 3 is 2.12 bits per heavy atom. The molecule has 0 saturated carbocycles. The lowest BCUT2D eigenvalue weighted by Gasteiger charge is -2.32. The second-order valence-electron chi connectivity index (χ2n) is 11.9. The van der Waals surface area contributed by atoms with Crippen LogP contribution in [0.1, 0.15) is 27.7 Å². The topological polar surface area (TPSA) is 44.5 Å². The van der Waals surface area contributed by atoms with Gasteiger partial charge in [0.2, 0.25) is 0 Å². The summed E-state index contributed by atoms with van der Waals surface area (Å²) in [4.78, 5) is 5.17. The predicted octanol–water partition coefficient (Wildman–Crippen LogP) is 8.41. The van der Waals surface area contributed by atoms with Crippen LogP contribution in [0.25, 0.3) is 65.6 Å². The highest BCUT2D eigenvalue weighted by atomic mass is 16.7. The van der Waals surface area contributed by atoms with E-state index in [0.29, 0.717) is 0 Å². The molecule has 1 fully saturated rings. The third-order valence-corrected chi connectivity index (χ3v) is 8.87. The molecular formula is C35H28BNO3. The van der Waals surface area contributed by atoms with E-state index < -0.39 is 0 Å². The van der Waals surface area contributed by atoms with Gasteiger partial charge in [0.25, 0.3) is 0 Å². The van der Waals surface area contributed by atoms with E-state index in [1.165, 1.54) is 0 Å². The number of rotatable bonds is 2. The quantitative estimate of drug-likeness (QED) is 0.169. The number of nitrogens with zero attached hydrogens (tertiary/aromatic N) is 1. The molecule has 7 aromatic rings. The van der Waals surface area contributed by atoms with Gasteiger partial charge in [-0.25, -0.2) is 4.98 Å². The molecular weight excluding hydrogens is 493 g/mol. The summed E-state index contributed by atoms with van der Waals surface area (Å²) in [6, 6.07) is 33.9. The Labute approximate surface area is 232 Å². The molecule has 0 spiro atoms. The summed E-state index contributed by atoms with van der Waals surface area (Å²) in [6.45, 7) is 8.33. The van der Waals surface area contributed by atoms with Crippen LogP contribution in [0.3, 0.4) is 0 Å². The third-order valence-electron chi connectivity index (χ3n) is 8.87. The van der Waals surface area contributed by atoms with Gasteiger partial charge in [-0.15, -0.1) is 0 Å². The Bertz CT molecular complexity index is 2130. The fourth-order valence-corrected chi connectivity index (χ4v) is 5.97. The smallest absolute Gasteiger partial charge is 0.455 e. The summed E-state index contributed by atoms with van der Waals surface area (Å²) in [7, 11) is -0.383. The molecule has 1 aliphatic heterocycles. The molecule has 1 aliphatic rings. The van der Waals surface area contributed by atoms with E-state index in [0.717, 1.165) is 71.1 Å². The van der Waals surface area contributed by atoms with Gasteiger partial charge in [-0.1, -0.05) is 72.8 Å². The van der Waals surface area contributed by atoms with Gasteiger partial charge in [0.15, 0.2) is 0 Å². The minimum Gasteiger partial charge on any atom is -0.455 e. The van der Waals surface area contributed by atoms with Crippen LogP contribution in [0.5, 0.6) is 0 Å². The molecule has 0 amide bonds. The van der Waals surface area contributed by atoms with Crippen LogP contribution in [0.15, 0.2) is 101 Å². The van der Waals surface area contributed by atoms with E-state index in [-0.39, 0.29) is 18.3 Å². The highest BCUT2D eigenvalue weighted by molar-refractivity contribution is 6.62. The molecule has 0 atom stereocenters.